The molecule has 3 heterocycles. The zero-order valence-electron chi connectivity index (χ0n) is 16.3. The molecule has 6 heteroatoms. The minimum atomic E-state index is -0.884. The second kappa shape index (κ2) is 7.31. The molecule has 3 aromatic heterocycles. The Balaban J connectivity index is 1.65. The highest BCUT2D eigenvalue weighted by molar-refractivity contribution is 7.20. The third-order valence-corrected chi connectivity index (χ3v) is 6.33. The maximum atomic E-state index is 11.5. The van der Waals surface area contributed by atoms with Gasteiger partial charge in [-0.15, -0.1) is 11.3 Å². The summed E-state index contributed by atoms with van der Waals surface area (Å²) in [7, 11) is 0. The van der Waals surface area contributed by atoms with Gasteiger partial charge in [-0.2, -0.15) is 0 Å². The van der Waals surface area contributed by atoms with Crippen molar-refractivity contribution in [3.8, 4) is 16.9 Å². The van der Waals surface area contributed by atoms with E-state index in [1.54, 1.807) is 18.6 Å². The normalized spacial score (nSPS) is 11.2. The van der Waals surface area contributed by atoms with E-state index in [9.17, 15) is 9.90 Å². The number of carbonyl (C=O) groups is 1. The molecule has 30 heavy (non-hydrogen) atoms. The van der Waals surface area contributed by atoms with Crippen LogP contribution in [0.2, 0.25) is 0 Å². The molecule has 0 fully saturated rings. The number of benzene rings is 2. The van der Waals surface area contributed by atoms with Gasteiger partial charge in [-0.1, -0.05) is 36.4 Å². The molecule has 0 unspecified atom stereocenters. The van der Waals surface area contributed by atoms with E-state index in [1.807, 2.05) is 29.0 Å². The van der Waals surface area contributed by atoms with Crippen LogP contribution < -0.4 is 0 Å². The van der Waals surface area contributed by atoms with E-state index in [4.69, 9.17) is 0 Å². The van der Waals surface area contributed by atoms with Gasteiger partial charge < -0.3 is 14.2 Å². The van der Waals surface area contributed by atoms with Crippen molar-refractivity contribution >= 4 is 27.5 Å². The Bertz CT molecular complexity index is 1350. The first-order valence-electron chi connectivity index (χ1n) is 9.60. The third kappa shape index (κ3) is 3.21. The van der Waals surface area contributed by atoms with Crippen LogP contribution in [0.4, 0.5) is 0 Å². The minimum absolute atomic E-state index is 0.362. The molecule has 5 aromatic rings. The lowest BCUT2D eigenvalue weighted by Gasteiger charge is -2.14. The molecule has 0 aliphatic rings. The first-order chi connectivity index (χ1) is 14.6. The van der Waals surface area contributed by atoms with Crippen molar-refractivity contribution in [2.45, 2.75) is 13.5 Å². The number of aromatic carboxylic acids is 1. The van der Waals surface area contributed by atoms with Crippen molar-refractivity contribution in [3.63, 3.8) is 0 Å². The summed E-state index contributed by atoms with van der Waals surface area (Å²) in [5, 5.41) is 9.43. The summed E-state index contributed by atoms with van der Waals surface area (Å²) in [4.78, 5) is 16.0. The standard InChI is InChI=1S/C24H19N3O2S/c1-16-11-18(26-10-9-25-15-26)7-8-19(16)20-12-22-21(13-23(30-22)24(28)29)27(20)14-17-5-3-2-4-6-17/h2-13,15H,14H2,1H3,(H,28,29). The largest absolute Gasteiger partial charge is 0.477 e. The Morgan fingerprint density at radius 1 is 1.10 bits per heavy atom. The summed E-state index contributed by atoms with van der Waals surface area (Å²) in [6.07, 6.45) is 5.48. The first kappa shape index (κ1) is 18.4. The number of aromatic nitrogens is 3. The molecule has 0 saturated heterocycles. The number of fused-ring (bicyclic) bond motifs is 1. The molecule has 2 aromatic carbocycles. The number of aryl methyl sites for hydroxylation is 1. The molecule has 0 aliphatic carbocycles. The molecule has 0 spiro atoms. The molecule has 0 radical (unpaired) electrons. The average molecular weight is 414 g/mol. The van der Waals surface area contributed by atoms with Crippen LogP contribution in [0, 0.1) is 6.92 Å². The van der Waals surface area contributed by atoms with Gasteiger partial charge in [0.15, 0.2) is 0 Å². The fourth-order valence-electron chi connectivity index (χ4n) is 3.81. The lowest BCUT2D eigenvalue weighted by molar-refractivity contribution is 0.0702. The number of imidazole rings is 1. The second-order valence-electron chi connectivity index (χ2n) is 7.24. The molecule has 0 amide bonds. The van der Waals surface area contributed by atoms with Gasteiger partial charge in [0.05, 0.1) is 22.2 Å². The number of carboxylic acids is 1. The number of rotatable bonds is 5. The molecule has 0 aliphatic heterocycles. The highest BCUT2D eigenvalue weighted by Crippen LogP contribution is 2.36. The van der Waals surface area contributed by atoms with Crippen molar-refractivity contribution in [2.75, 3.05) is 0 Å². The fourth-order valence-corrected chi connectivity index (χ4v) is 4.75. The number of thiophene rings is 1. The predicted molar refractivity (Wildman–Crippen MR) is 120 cm³/mol. The van der Waals surface area contributed by atoms with Crippen LogP contribution >= 0.6 is 11.3 Å². The molecule has 5 nitrogen and oxygen atoms in total. The van der Waals surface area contributed by atoms with Crippen LogP contribution in [-0.2, 0) is 6.54 Å². The summed E-state index contributed by atoms with van der Waals surface area (Å²) in [6.45, 7) is 2.78. The lowest BCUT2D eigenvalue weighted by Crippen LogP contribution is -2.03. The lowest BCUT2D eigenvalue weighted by atomic mass is 10.0. The summed E-state index contributed by atoms with van der Waals surface area (Å²) >= 11 is 1.32. The summed E-state index contributed by atoms with van der Waals surface area (Å²) in [6, 6.07) is 20.5. The van der Waals surface area contributed by atoms with Gasteiger partial charge in [0.25, 0.3) is 0 Å². The van der Waals surface area contributed by atoms with Gasteiger partial charge in [0.2, 0.25) is 0 Å². The third-order valence-electron chi connectivity index (χ3n) is 5.27. The van der Waals surface area contributed by atoms with Crippen molar-refractivity contribution in [2.24, 2.45) is 0 Å². The topological polar surface area (TPSA) is 60.1 Å². The van der Waals surface area contributed by atoms with E-state index in [1.165, 1.54) is 16.9 Å². The molecular formula is C24H19N3O2S. The minimum Gasteiger partial charge on any atom is -0.477 e. The van der Waals surface area contributed by atoms with Crippen LogP contribution in [0.5, 0.6) is 0 Å². The van der Waals surface area contributed by atoms with E-state index in [0.717, 1.165) is 32.7 Å². The van der Waals surface area contributed by atoms with Crippen molar-refractivity contribution in [1.29, 1.82) is 0 Å². The molecule has 148 valence electrons. The highest BCUT2D eigenvalue weighted by atomic mass is 32.1. The zero-order chi connectivity index (χ0) is 20.7. The fraction of sp³-hybridized carbons (Fsp3) is 0.0833. The maximum Gasteiger partial charge on any atom is 0.345 e. The summed E-state index contributed by atoms with van der Waals surface area (Å²) in [5.41, 5.74) is 6.56. The highest BCUT2D eigenvalue weighted by Gasteiger charge is 2.18. The van der Waals surface area contributed by atoms with Gasteiger partial charge in [-0.05, 0) is 42.3 Å². The van der Waals surface area contributed by atoms with Crippen LogP contribution in [-0.4, -0.2) is 25.2 Å². The Labute approximate surface area is 177 Å². The van der Waals surface area contributed by atoms with Gasteiger partial charge >= 0.3 is 5.97 Å². The van der Waals surface area contributed by atoms with E-state index in [2.05, 4.69) is 52.9 Å². The number of nitrogens with zero attached hydrogens (tertiary/aromatic N) is 3. The smallest absolute Gasteiger partial charge is 0.345 e. The number of carboxylic acid groups (broad SMARTS) is 1. The molecular weight excluding hydrogens is 394 g/mol. The van der Waals surface area contributed by atoms with E-state index in [-0.39, 0.29) is 0 Å². The molecule has 0 bridgehead atoms. The van der Waals surface area contributed by atoms with Gasteiger partial charge in [0.1, 0.15) is 4.88 Å². The molecule has 5 rings (SSSR count). The Hall–Kier alpha value is -3.64. The van der Waals surface area contributed by atoms with E-state index < -0.39 is 5.97 Å². The monoisotopic (exact) mass is 413 g/mol. The zero-order valence-corrected chi connectivity index (χ0v) is 17.1. The van der Waals surface area contributed by atoms with Crippen LogP contribution in [0.3, 0.4) is 0 Å². The van der Waals surface area contributed by atoms with Crippen LogP contribution in [0.1, 0.15) is 20.8 Å². The van der Waals surface area contributed by atoms with Crippen molar-refractivity contribution < 1.29 is 9.90 Å². The van der Waals surface area contributed by atoms with Gasteiger partial charge in [-0.3, -0.25) is 0 Å². The van der Waals surface area contributed by atoms with Crippen molar-refractivity contribution in [1.82, 2.24) is 14.1 Å². The SMILES string of the molecule is Cc1cc(-n2ccnc2)ccc1-c1cc2sc(C(=O)O)cc2n1Cc1ccccc1. The van der Waals surface area contributed by atoms with Gasteiger partial charge in [-0.25, -0.2) is 9.78 Å². The Kier molecular flexibility index (Phi) is 4.48. The Morgan fingerprint density at radius 3 is 2.63 bits per heavy atom. The summed E-state index contributed by atoms with van der Waals surface area (Å²) in [5.74, 6) is -0.884. The Morgan fingerprint density at radius 2 is 1.93 bits per heavy atom. The average Bonchev–Trinajstić information content (AvgIpc) is 3.46. The number of hydrogen-bond acceptors (Lipinski definition) is 3. The van der Waals surface area contributed by atoms with Crippen molar-refractivity contribution in [3.05, 3.63) is 95.4 Å². The molecule has 0 saturated carbocycles. The first-order valence-corrected chi connectivity index (χ1v) is 10.4. The molecule has 1 N–H and O–H groups in total. The summed E-state index contributed by atoms with van der Waals surface area (Å²) < 4.78 is 5.18. The van der Waals surface area contributed by atoms with E-state index >= 15 is 0 Å². The van der Waals surface area contributed by atoms with Gasteiger partial charge in [0, 0.05) is 30.2 Å². The maximum absolute atomic E-state index is 11.5. The van der Waals surface area contributed by atoms with Crippen LogP contribution in [0.15, 0.2) is 79.4 Å². The predicted octanol–water partition coefficient (Wildman–Crippen LogP) is 5.61. The second-order valence-corrected chi connectivity index (χ2v) is 8.32. The van der Waals surface area contributed by atoms with Crippen LogP contribution in [0.25, 0.3) is 27.2 Å². The quantitative estimate of drug-likeness (QED) is 0.407. The van der Waals surface area contributed by atoms with E-state index in [0.29, 0.717) is 11.4 Å². The number of hydrogen-bond donors (Lipinski definition) is 1. The molecule has 0 atom stereocenters.